The molecule has 0 spiro atoms. The van der Waals surface area contributed by atoms with Crippen LogP contribution in [0.5, 0.6) is 17.2 Å². The number of nitrogens with zero attached hydrogens (tertiary/aromatic N) is 2. The van der Waals surface area contributed by atoms with Crippen molar-refractivity contribution >= 4 is 58.2 Å². The van der Waals surface area contributed by atoms with Crippen LogP contribution in [0.3, 0.4) is 0 Å². The number of para-hydroxylation sites is 1. The second kappa shape index (κ2) is 12.7. The molecule has 6 atom stereocenters. The molecule has 264 valence electrons. The van der Waals surface area contributed by atoms with E-state index in [1.807, 2.05) is 12.1 Å². The summed E-state index contributed by atoms with van der Waals surface area (Å²) in [5.74, 6) is -4.91. The van der Waals surface area contributed by atoms with E-state index in [1.165, 1.54) is 25.2 Å². The van der Waals surface area contributed by atoms with Gasteiger partial charge >= 0.3 is 0 Å². The number of hydrogen-bond acceptors (Lipinski definition) is 8. The smallest absolute Gasteiger partial charge is 0.260 e. The van der Waals surface area contributed by atoms with Crippen LogP contribution in [0.25, 0.3) is 0 Å². The van der Waals surface area contributed by atoms with Crippen molar-refractivity contribution in [3.8, 4) is 17.2 Å². The van der Waals surface area contributed by atoms with Gasteiger partial charge in [-0.2, -0.15) is 5.01 Å². The highest BCUT2D eigenvalue weighted by atomic mass is 35.5. The molecule has 12 heteroatoms. The first-order valence-electron chi connectivity index (χ1n) is 16.8. The van der Waals surface area contributed by atoms with Gasteiger partial charge in [0.2, 0.25) is 11.8 Å². The molecule has 2 heterocycles. The largest absolute Gasteiger partial charge is 0.504 e. The molecule has 1 saturated carbocycles. The van der Waals surface area contributed by atoms with E-state index in [1.54, 1.807) is 78.9 Å². The molecule has 4 amide bonds. The maximum absolute atomic E-state index is 15.4. The summed E-state index contributed by atoms with van der Waals surface area (Å²) in [7, 11) is 2.98. The first kappa shape index (κ1) is 33.8. The van der Waals surface area contributed by atoms with E-state index in [2.05, 4.69) is 5.43 Å². The Morgan fingerprint density at radius 1 is 0.827 bits per heavy atom. The number of hydrazine groups is 1. The van der Waals surface area contributed by atoms with Crippen LogP contribution >= 0.6 is 23.2 Å². The van der Waals surface area contributed by atoms with E-state index in [0.717, 1.165) is 10.6 Å². The average molecular weight is 739 g/mol. The number of methoxy groups -OCH3 is 2. The van der Waals surface area contributed by atoms with Crippen molar-refractivity contribution in [1.29, 1.82) is 0 Å². The minimum absolute atomic E-state index is 0.108. The summed E-state index contributed by atoms with van der Waals surface area (Å²) in [5.41, 5.74) is 4.04. The van der Waals surface area contributed by atoms with Gasteiger partial charge in [0.05, 0.1) is 53.8 Å². The molecule has 2 aliphatic heterocycles. The summed E-state index contributed by atoms with van der Waals surface area (Å²) >= 11 is 12.7. The number of benzene rings is 4. The average Bonchev–Trinajstić information content (AvgIpc) is 3.53. The summed E-state index contributed by atoms with van der Waals surface area (Å²) in [5, 5.41) is 12.7. The molecular formula is C40H33Cl2N3O7. The maximum Gasteiger partial charge on any atom is 0.260 e. The van der Waals surface area contributed by atoms with Gasteiger partial charge in [0.25, 0.3) is 11.8 Å². The number of ether oxygens (including phenoxy) is 2. The van der Waals surface area contributed by atoms with Crippen LogP contribution < -0.4 is 19.8 Å². The number of carbonyl (C=O) groups is 4. The standard InChI is InChI=1S/C40H33Cl2N3O7/c1-51-25-12-9-22(10-13-25)40-29(37(48)45(39(40)50)43-31-16-11-23(41)19-30(31)42)20-28-26(35(40)21-8-17-33(52-2)32(46)18-21)14-15-27-34(28)38(49)44(36(27)47)24-6-4-3-5-7-24/h3-14,16-19,27-29,34-35,43,46H,15,20H2,1-2H3. The van der Waals surface area contributed by atoms with Gasteiger partial charge in [-0.1, -0.05) is 71.2 Å². The lowest BCUT2D eigenvalue weighted by molar-refractivity contribution is -0.138. The number of allylic oxidation sites excluding steroid dienone is 2. The van der Waals surface area contributed by atoms with Crippen LogP contribution in [-0.4, -0.2) is 48.0 Å². The number of amides is 4. The van der Waals surface area contributed by atoms with Gasteiger partial charge in [0.1, 0.15) is 5.75 Å². The predicted molar refractivity (Wildman–Crippen MR) is 194 cm³/mol. The molecule has 0 radical (unpaired) electrons. The number of phenols is 1. The molecule has 0 aromatic heterocycles. The van der Waals surface area contributed by atoms with Gasteiger partial charge < -0.3 is 14.6 Å². The van der Waals surface area contributed by atoms with E-state index in [4.69, 9.17) is 32.7 Å². The Hall–Kier alpha value is -5.32. The first-order chi connectivity index (χ1) is 25.1. The van der Waals surface area contributed by atoms with Gasteiger partial charge in [-0.05, 0) is 84.5 Å². The van der Waals surface area contributed by atoms with E-state index in [-0.39, 0.29) is 41.2 Å². The van der Waals surface area contributed by atoms with Crippen molar-refractivity contribution in [1.82, 2.24) is 5.01 Å². The molecule has 2 N–H and O–H groups in total. The monoisotopic (exact) mass is 737 g/mol. The van der Waals surface area contributed by atoms with E-state index < -0.39 is 46.8 Å². The highest BCUT2D eigenvalue weighted by molar-refractivity contribution is 6.36. The van der Waals surface area contributed by atoms with Crippen molar-refractivity contribution in [2.24, 2.45) is 23.7 Å². The fraction of sp³-hybridized carbons (Fsp3) is 0.250. The second-order valence-electron chi connectivity index (χ2n) is 13.5. The van der Waals surface area contributed by atoms with Crippen LogP contribution in [-0.2, 0) is 24.6 Å². The molecule has 6 unspecified atom stereocenters. The second-order valence-corrected chi connectivity index (χ2v) is 14.3. The number of aromatic hydroxyl groups is 1. The highest BCUT2D eigenvalue weighted by Crippen LogP contribution is 2.64. The summed E-state index contributed by atoms with van der Waals surface area (Å²) in [6, 6.07) is 25.5. The zero-order valence-electron chi connectivity index (χ0n) is 28.1. The maximum atomic E-state index is 15.4. The van der Waals surface area contributed by atoms with E-state index in [0.29, 0.717) is 33.3 Å². The predicted octanol–water partition coefficient (Wildman–Crippen LogP) is 6.91. The number of halogens is 2. The number of nitrogens with one attached hydrogen (secondary N) is 1. The Morgan fingerprint density at radius 3 is 2.25 bits per heavy atom. The zero-order valence-corrected chi connectivity index (χ0v) is 29.6. The third kappa shape index (κ3) is 4.92. The Balaban J connectivity index is 1.34. The van der Waals surface area contributed by atoms with Crippen LogP contribution in [0.2, 0.25) is 10.0 Å². The van der Waals surface area contributed by atoms with E-state index >= 15 is 4.79 Å². The van der Waals surface area contributed by atoms with Gasteiger partial charge in [-0.3, -0.25) is 29.5 Å². The molecule has 4 aromatic rings. The zero-order chi connectivity index (χ0) is 36.5. The van der Waals surface area contributed by atoms with Crippen molar-refractivity contribution < 1.29 is 33.8 Å². The molecule has 0 bridgehead atoms. The lowest BCUT2D eigenvalue weighted by Gasteiger charge is -2.50. The Bertz CT molecular complexity index is 2180. The van der Waals surface area contributed by atoms with Gasteiger partial charge in [0, 0.05) is 10.9 Å². The fourth-order valence-electron chi connectivity index (χ4n) is 8.94. The number of hydrogen-bond donors (Lipinski definition) is 2. The molecule has 4 aromatic carbocycles. The number of carbonyl (C=O) groups excluding carboxylic acids is 4. The molecule has 4 aliphatic rings. The summed E-state index contributed by atoms with van der Waals surface area (Å²) in [6.45, 7) is 0. The van der Waals surface area contributed by atoms with E-state index in [9.17, 15) is 19.5 Å². The van der Waals surface area contributed by atoms with Crippen LogP contribution in [0.1, 0.15) is 29.9 Å². The summed E-state index contributed by atoms with van der Waals surface area (Å²) in [6.07, 6.45) is 2.33. The highest BCUT2D eigenvalue weighted by Gasteiger charge is 2.70. The lowest BCUT2D eigenvalue weighted by Crippen LogP contribution is -2.53. The Kier molecular flexibility index (Phi) is 8.27. The van der Waals surface area contributed by atoms with Crippen LogP contribution in [0.4, 0.5) is 11.4 Å². The number of phenolic OH excluding ortho intramolecular Hbond substituents is 1. The number of rotatable bonds is 7. The molecule has 2 aliphatic carbocycles. The molecule has 52 heavy (non-hydrogen) atoms. The SMILES string of the molecule is COc1ccc(C23C(=O)N(Nc4ccc(Cl)cc4Cl)C(=O)C2CC2C(=CCC4C(=O)N(c5ccccc5)C(=O)C42)C3c2ccc(OC)c(O)c2)cc1. The minimum atomic E-state index is -1.56. The molecule has 10 nitrogen and oxygen atoms in total. The van der Waals surface area contributed by atoms with Crippen molar-refractivity contribution in [2.45, 2.75) is 24.2 Å². The number of fused-ring (bicyclic) bond motifs is 4. The lowest BCUT2D eigenvalue weighted by atomic mass is 9.49. The normalized spacial score (nSPS) is 26.5. The van der Waals surface area contributed by atoms with Crippen molar-refractivity contribution in [2.75, 3.05) is 24.5 Å². The van der Waals surface area contributed by atoms with Gasteiger partial charge in [-0.25, -0.2) is 0 Å². The van der Waals surface area contributed by atoms with Gasteiger partial charge in [0.15, 0.2) is 11.5 Å². The molecule has 3 fully saturated rings. The Labute approximate surface area is 309 Å². The number of imide groups is 2. The minimum Gasteiger partial charge on any atom is -0.504 e. The molecular weight excluding hydrogens is 705 g/mol. The molecule has 2 saturated heterocycles. The Morgan fingerprint density at radius 2 is 1.58 bits per heavy atom. The van der Waals surface area contributed by atoms with Crippen molar-refractivity contribution in [3.05, 3.63) is 124 Å². The van der Waals surface area contributed by atoms with Crippen LogP contribution in [0, 0.1) is 23.7 Å². The third-order valence-electron chi connectivity index (χ3n) is 11.1. The molecule has 8 rings (SSSR count). The topological polar surface area (TPSA) is 125 Å². The van der Waals surface area contributed by atoms with Crippen molar-refractivity contribution in [3.63, 3.8) is 0 Å². The summed E-state index contributed by atoms with van der Waals surface area (Å²) < 4.78 is 10.8. The quantitative estimate of drug-likeness (QED) is 0.155. The van der Waals surface area contributed by atoms with Gasteiger partial charge in [-0.15, -0.1) is 0 Å². The number of anilines is 2. The summed E-state index contributed by atoms with van der Waals surface area (Å²) in [4.78, 5) is 59.9. The first-order valence-corrected chi connectivity index (χ1v) is 17.6. The third-order valence-corrected chi connectivity index (χ3v) is 11.7. The van der Waals surface area contributed by atoms with Crippen LogP contribution in [0.15, 0.2) is 103 Å². The fourth-order valence-corrected chi connectivity index (χ4v) is 9.39.